The van der Waals surface area contributed by atoms with E-state index in [4.69, 9.17) is 23.2 Å². The lowest BCUT2D eigenvalue weighted by atomic mass is 10.1. The van der Waals surface area contributed by atoms with Crippen LogP contribution >= 0.6 is 35.0 Å². The summed E-state index contributed by atoms with van der Waals surface area (Å²) in [6.45, 7) is 0. The Bertz CT molecular complexity index is 1030. The Morgan fingerprint density at radius 2 is 1.85 bits per heavy atom. The molecule has 4 rings (SSSR count). The highest BCUT2D eigenvalue weighted by Crippen LogP contribution is 2.36. The number of allylic oxidation sites excluding steroid dienone is 6. The lowest BCUT2D eigenvalue weighted by Gasteiger charge is -2.08. The second-order valence-electron chi connectivity index (χ2n) is 5.80. The number of rotatable bonds is 4. The van der Waals surface area contributed by atoms with Crippen molar-refractivity contribution < 1.29 is 0 Å². The van der Waals surface area contributed by atoms with Gasteiger partial charge in [-0.2, -0.15) is 0 Å². The number of pyridine rings is 1. The molecule has 6 heteroatoms. The van der Waals surface area contributed by atoms with Crippen LogP contribution in [0.5, 0.6) is 0 Å². The third-order valence-electron chi connectivity index (χ3n) is 4.09. The Balaban J connectivity index is 1.66. The first-order valence-electron chi connectivity index (χ1n) is 8.16. The molecule has 0 spiro atoms. The van der Waals surface area contributed by atoms with Crippen molar-refractivity contribution in [1.82, 2.24) is 14.6 Å². The molecule has 1 aliphatic rings. The largest absolute Gasteiger partial charge is 0.282 e. The summed E-state index contributed by atoms with van der Waals surface area (Å²) in [6, 6.07) is 9.64. The molecule has 3 aromatic rings. The number of hydrogen-bond acceptors (Lipinski definition) is 3. The number of benzene rings is 1. The SMILES string of the molecule is Clc1cccc(Cl)c1SCc1cccn2c(C3=CC=CC=CC3)nnc12. The highest BCUT2D eigenvalue weighted by atomic mass is 35.5. The molecule has 0 atom stereocenters. The minimum absolute atomic E-state index is 0.666. The fraction of sp³-hybridized carbons (Fsp3) is 0.100. The second kappa shape index (κ2) is 7.70. The molecule has 3 nitrogen and oxygen atoms in total. The van der Waals surface area contributed by atoms with Crippen LogP contribution in [-0.2, 0) is 5.75 Å². The van der Waals surface area contributed by atoms with E-state index in [9.17, 15) is 0 Å². The van der Waals surface area contributed by atoms with Gasteiger partial charge in [-0.15, -0.1) is 22.0 Å². The van der Waals surface area contributed by atoms with Gasteiger partial charge in [-0.25, -0.2) is 0 Å². The maximum atomic E-state index is 6.28. The van der Waals surface area contributed by atoms with Crippen LogP contribution in [0.4, 0.5) is 0 Å². The summed E-state index contributed by atoms with van der Waals surface area (Å²) in [4.78, 5) is 0.888. The Labute approximate surface area is 166 Å². The quantitative estimate of drug-likeness (QED) is 0.487. The lowest BCUT2D eigenvalue weighted by molar-refractivity contribution is 1.05. The van der Waals surface area contributed by atoms with Crippen molar-refractivity contribution in [2.45, 2.75) is 17.1 Å². The zero-order chi connectivity index (χ0) is 17.9. The summed E-state index contributed by atoms with van der Waals surface area (Å²) >= 11 is 14.2. The molecule has 1 aliphatic carbocycles. The van der Waals surface area contributed by atoms with Gasteiger partial charge >= 0.3 is 0 Å². The van der Waals surface area contributed by atoms with E-state index < -0.39 is 0 Å². The molecule has 130 valence electrons. The molecule has 0 amide bonds. The maximum absolute atomic E-state index is 6.28. The van der Waals surface area contributed by atoms with Gasteiger partial charge in [0.25, 0.3) is 0 Å². The number of nitrogens with zero attached hydrogens (tertiary/aromatic N) is 3. The van der Waals surface area contributed by atoms with Gasteiger partial charge in [-0.05, 0) is 24.6 Å². The van der Waals surface area contributed by atoms with Crippen molar-refractivity contribution in [3.8, 4) is 0 Å². The van der Waals surface area contributed by atoms with E-state index in [0.29, 0.717) is 15.8 Å². The van der Waals surface area contributed by atoms with Gasteiger partial charge in [0.1, 0.15) is 0 Å². The zero-order valence-corrected chi connectivity index (χ0v) is 16.1. The van der Waals surface area contributed by atoms with Crippen LogP contribution in [0.15, 0.2) is 71.8 Å². The topological polar surface area (TPSA) is 30.2 Å². The third-order valence-corrected chi connectivity index (χ3v) is 6.13. The van der Waals surface area contributed by atoms with Gasteiger partial charge in [-0.3, -0.25) is 4.40 Å². The summed E-state index contributed by atoms with van der Waals surface area (Å²) in [6.07, 6.45) is 13.1. The number of hydrogen-bond donors (Lipinski definition) is 0. The minimum atomic E-state index is 0.666. The molecular weight excluding hydrogens is 385 g/mol. The first kappa shape index (κ1) is 17.4. The van der Waals surface area contributed by atoms with Gasteiger partial charge in [0.15, 0.2) is 11.5 Å². The highest BCUT2D eigenvalue weighted by Gasteiger charge is 2.14. The van der Waals surface area contributed by atoms with Gasteiger partial charge in [-0.1, -0.05) is 65.7 Å². The molecule has 0 saturated heterocycles. The molecule has 2 aromatic heterocycles. The third kappa shape index (κ3) is 3.45. The summed E-state index contributed by atoms with van der Waals surface area (Å²) in [7, 11) is 0. The van der Waals surface area contributed by atoms with Crippen molar-refractivity contribution in [3.05, 3.63) is 88.3 Å². The van der Waals surface area contributed by atoms with Crippen molar-refractivity contribution in [2.24, 2.45) is 0 Å². The van der Waals surface area contributed by atoms with Crippen LogP contribution in [0.2, 0.25) is 10.0 Å². The molecule has 0 fully saturated rings. The first-order chi connectivity index (χ1) is 12.7. The van der Waals surface area contributed by atoms with Crippen LogP contribution in [0.3, 0.4) is 0 Å². The van der Waals surface area contributed by atoms with E-state index in [0.717, 1.165) is 33.9 Å². The summed E-state index contributed by atoms with van der Waals surface area (Å²) < 4.78 is 2.04. The number of halogens is 2. The van der Waals surface area contributed by atoms with Crippen LogP contribution in [0.25, 0.3) is 11.2 Å². The number of thioether (sulfide) groups is 1. The Morgan fingerprint density at radius 3 is 2.69 bits per heavy atom. The zero-order valence-electron chi connectivity index (χ0n) is 13.8. The van der Waals surface area contributed by atoms with E-state index >= 15 is 0 Å². The molecule has 0 saturated carbocycles. The number of aromatic nitrogens is 3. The van der Waals surface area contributed by atoms with Crippen molar-refractivity contribution in [3.63, 3.8) is 0 Å². The van der Waals surface area contributed by atoms with Crippen LogP contribution in [0, 0.1) is 0 Å². The van der Waals surface area contributed by atoms with Gasteiger partial charge in [0.2, 0.25) is 0 Å². The van der Waals surface area contributed by atoms with E-state index in [1.165, 1.54) is 0 Å². The molecule has 1 aromatic carbocycles. The predicted octanol–water partition coefficient (Wildman–Crippen LogP) is 6.23. The van der Waals surface area contributed by atoms with Crippen LogP contribution < -0.4 is 0 Å². The molecule has 2 heterocycles. The first-order valence-corrected chi connectivity index (χ1v) is 9.90. The van der Waals surface area contributed by atoms with Gasteiger partial charge in [0.05, 0.1) is 10.0 Å². The average Bonchev–Trinajstić information content (AvgIpc) is 2.89. The fourth-order valence-electron chi connectivity index (χ4n) is 2.82. The van der Waals surface area contributed by atoms with E-state index in [2.05, 4.69) is 28.4 Å². The standard InChI is InChI=1S/C20H15Cl2N3S/c21-16-10-5-11-17(22)18(16)26-13-15-9-6-12-25-19(23-24-20(15)25)14-7-3-1-2-4-8-14/h1-7,9-12H,8,13H2. The van der Waals surface area contributed by atoms with Crippen LogP contribution in [0.1, 0.15) is 17.8 Å². The Kier molecular flexibility index (Phi) is 5.16. The highest BCUT2D eigenvalue weighted by molar-refractivity contribution is 7.98. The van der Waals surface area contributed by atoms with E-state index in [1.54, 1.807) is 11.8 Å². The molecule has 0 N–H and O–H groups in total. The molecular formula is C20H15Cl2N3S. The second-order valence-corrected chi connectivity index (χ2v) is 7.60. The van der Waals surface area contributed by atoms with E-state index in [1.807, 2.05) is 53.1 Å². The van der Waals surface area contributed by atoms with Crippen LogP contribution in [-0.4, -0.2) is 14.6 Å². The van der Waals surface area contributed by atoms with Crippen molar-refractivity contribution >= 4 is 46.2 Å². The van der Waals surface area contributed by atoms with Crippen molar-refractivity contribution in [2.75, 3.05) is 0 Å². The monoisotopic (exact) mass is 399 g/mol. The molecule has 0 unspecified atom stereocenters. The predicted molar refractivity (Wildman–Crippen MR) is 110 cm³/mol. The Morgan fingerprint density at radius 1 is 1.00 bits per heavy atom. The maximum Gasteiger partial charge on any atom is 0.165 e. The molecule has 0 aliphatic heterocycles. The normalized spacial score (nSPS) is 13.8. The summed E-state index contributed by atoms with van der Waals surface area (Å²) in [5.74, 6) is 1.59. The smallest absolute Gasteiger partial charge is 0.165 e. The van der Waals surface area contributed by atoms with Crippen molar-refractivity contribution in [1.29, 1.82) is 0 Å². The van der Waals surface area contributed by atoms with E-state index in [-0.39, 0.29) is 0 Å². The molecule has 0 bridgehead atoms. The van der Waals surface area contributed by atoms with Gasteiger partial charge in [0, 0.05) is 28.0 Å². The summed E-state index contributed by atoms with van der Waals surface area (Å²) in [5.41, 5.74) is 3.09. The van der Waals surface area contributed by atoms with Gasteiger partial charge < -0.3 is 0 Å². The average molecular weight is 400 g/mol. The lowest BCUT2D eigenvalue weighted by Crippen LogP contribution is -1.95. The Hall–Kier alpha value is -2.01. The fourth-order valence-corrected chi connectivity index (χ4v) is 4.48. The molecule has 0 radical (unpaired) electrons. The summed E-state index contributed by atoms with van der Waals surface area (Å²) in [5, 5.41) is 10.2. The number of fused-ring (bicyclic) bond motifs is 1. The minimum Gasteiger partial charge on any atom is -0.282 e. The molecule has 26 heavy (non-hydrogen) atoms.